The summed E-state index contributed by atoms with van der Waals surface area (Å²) >= 11 is 0. The number of anilines is 3. The number of carbonyl (C=O) groups is 2. The van der Waals surface area contributed by atoms with Crippen molar-refractivity contribution < 1.29 is 9.59 Å². The first kappa shape index (κ1) is 18.5. The van der Waals surface area contributed by atoms with Crippen molar-refractivity contribution in [3.8, 4) is 0 Å². The smallest absolute Gasteiger partial charge is 0.247 e. The molecule has 5 nitrogen and oxygen atoms in total. The van der Waals surface area contributed by atoms with Crippen LogP contribution in [0.3, 0.4) is 0 Å². The molecule has 2 aromatic carbocycles. The average molecular weight is 377 g/mol. The van der Waals surface area contributed by atoms with Crippen LogP contribution < -0.4 is 10.6 Å². The Balaban J connectivity index is 1.36. The van der Waals surface area contributed by atoms with Crippen molar-refractivity contribution in [1.82, 2.24) is 4.90 Å². The Hall–Kier alpha value is -2.82. The molecule has 0 aromatic heterocycles. The van der Waals surface area contributed by atoms with Crippen molar-refractivity contribution in [1.29, 1.82) is 0 Å². The van der Waals surface area contributed by atoms with E-state index in [4.69, 9.17) is 0 Å². The zero-order valence-corrected chi connectivity index (χ0v) is 16.1. The molecule has 1 unspecified atom stereocenters. The van der Waals surface area contributed by atoms with Gasteiger partial charge in [0.25, 0.3) is 0 Å². The Bertz CT molecular complexity index is 814. The van der Waals surface area contributed by atoms with Gasteiger partial charge >= 0.3 is 0 Å². The van der Waals surface area contributed by atoms with Gasteiger partial charge in [0.1, 0.15) is 6.04 Å². The van der Waals surface area contributed by atoms with Gasteiger partial charge in [-0.2, -0.15) is 0 Å². The van der Waals surface area contributed by atoms with Crippen LogP contribution in [0.5, 0.6) is 0 Å². The Labute approximate surface area is 166 Å². The Kier molecular flexibility index (Phi) is 5.60. The van der Waals surface area contributed by atoms with E-state index in [0.717, 1.165) is 55.6 Å². The first-order valence-corrected chi connectivity index (χ1v) is 10.2. The lowest BCUT2D eigenvalue weighted by Crippen LogP contribution is -2.45. The van der Waals surface area contributed by atoms with Crippen LogP contribution in [-0.2, 0) is 9.59 Å². The van der Waals surface area contributed by atoms with Crippen molar-refractivity contribution in [2.45, 2.75) is 44.6 Å². The second-order valence-corrected chi connectivity index (χ2v) is 7.73. The number of likely N-dealkylation sites (tertiary alicyclic amines) is 1. The minimum absolute atomic E-state index is 0.0763. The maximum absolute atomic E-state index is 12.8. The number of hydrogen-bond donors (Lipinski definition) is 2. The van der Waals surface area contributed by atoms with E-state index < -0.39 is 0 Å². The molecule has 2 N–H and O–H groups in total. The van der Waals surface area contributed by atoms with Crippen molar-refractivity contribution in [3.05, 3.63) is 54.6 Å². The van der Waals surface area contributed by atoms with Gasteiger partial charge in [-0.1, -0.05) is 31.0 Å². The summed E-state index contributed by atoms with van der Waals surface area (Å²) in [6, 6.07) is 17.3. The first-order chi connectivity index (χ1) is 13.7. The lowest BCUT2D eigenvalue weighted by atomic mass is 10.1. The molecule has 4 rings (SSSR count). The number of amides is 2. The fourth-order valence-corrected chi connectivity index (χ4v) is 4.26. The van der Waals surface area contributed by atoms with E-state index in [1.165, 1.54) is 0 Å². The molecule has 1 aliphatic carbocycles. The van der Waals surface area contributed by atoms with E-state index in [-0.39, 0.29) is 23.8 Å². The van der Waals surface area contributed by atoms with Crippen LogP contribution in [-0.4, -0.2) is 29.3 Å². The summed E-state index contributed by atoms with van der Waals surface area (Å²) in [4.78, 5) is 27.4. The number of nitrogens with one attached hydrogen (secondary N) is 2. The molecule has 5 heteroatoms. The molecule has 2 amide bonds. The molecule has 2 aromatic rings. The number of nitrogens with zero attached hydrogens (tertiary/aromatic N) is 1. The van der Waals surface area contributed by atoms with Gasteiger partial charge in [0, 0.05) is 29.5 Å². The van der Waals surface area contributed by atoms with Crippen LogP contribution in [0.15, 0.2) is 54.6 Å². The van der Waals surface area contributed by atoms with Gasteiger partial charge in [0.05, 0.1) is 0 Å². The van der Waals surface area contributed by atoms with Crippen molar-refractivity contribution >= 4 is 28.9 Å². The highest BCUT2D eigenvalue weighted by atomic mass is 16.2. The van der Waals surface area contributed by atoms with Crippen molar-refractivity contribution in [2.75, 3.05) is 17.2 Å². The summed E-state index contributed by atoms with van der Waals surface area (Å²) in [7, 11) is 0. The van der Waals surface area contributed by atoms with E-state index in [0.29, 0.717) is 6.54 Å². The summed E-state index contributed by atoms with van der Waals surface area (Å²) in [5.41, 5.74) is 2.73. The molecule has 1 saturated heterocycles. The maximum atomic E-state index is 12.8. The van der Waals surface area contributed by atoms with Gasteiger partial charge < -0.3 is 15.5 Å². The van der Waals surface area contributed by atoms with Crippen LogP contribution >= 0.6 is 0 Å². The normalized spacial score (nSPS) is 19.6. The van der Waals surface area contributed by atoms with Crippen LogP contribution in [0.4, 0.5) is 17.1 Å². The number of benzene rings is 2. The topological polar surface area (TPSA) is 61.4 Å². The summed E-state index contributed by atoms with van der Waals surface area (Å²) in [6.45, 7) is 0.702. The quantitative estimate of drug-likeness (QED) is 0.804. The fraction of sp³-hybridized carbons (Fsp3) is 0.391. The molecular formula is C23H27N3O2. The highest BCUT2D eigenvalue weighted by Gasteiger charge is 2.37. The SMILES string of the molecule is O=C(Nc1ccc(Nc2ccccc2)cc1)C1CCCN1C(=O)C1CCCC1. The summed E-state index contributed by atoms with van der Waals surface area (Å²) in [6.07, 6.45) is 5.85. The third-order valence-corrected chi connectivity index (χ3v) is 5.76. The molecule has 0 bridgehead atoms. The van der Waals surface area contributed by atoms with Gasteiger partial charge in [-0.3, -0.25) is 9.59 Å². The Morgan fingerprint density at radius 1 is 0.786 bits per heavy atom. The molecule has 0 spiro atoms. The minimum Gasteiger partial charge on any atom is -0.356 e. The molecule has 2 fully saturated rings. The largest absolute Gasteiger partial charge is 0.356 e. The van der Waals surface area contributed by atoms with E-state index in [1.807, 2.05) is 59.5 Å². The molecule has 1 saturated carbocycles. The van der Waals surface area contributed by atoms with Gasteiger partial charge in [-0.25, -0.2) is 0 Å². The number of carbonyl (C=O) groups excluding carboxylic acids is 2. The minimum atomic E-state index is -0.338. The molecule has 1 heterocycles. The third-order valence-electron chi connectivity index (χ3n) is 5.76. The summed E-state index contributed by atoms with van der Waals surface area (Å²) in [5, 5.41) is 6.32. The van der Waals surface area contributed by atoms with Crippen molar-refractivity contribution in [2.24, 2.45) is 5.92 Å². The second-order valence-electron chi connectivity index (χ2n) is 7.73. The van der Waals surface area contributed by atoms with E-state index in [9.17, 15) is 9.59 Å². The lowest BCUT2D eigenvalue weighted by molar-refractivity contribution is -0.140. The highest BCUT2D eigenvalue weighted by molar-refractivity contribution is 5.98. The molecule has 146 valence electrons. The second kappa shape index (κ2) is 8.46. The molecular weight excluding hydrogens is 350 g/mol. The van der Waals surface area contributed by atoms with E-state index in [2.05, 4.69) is 10.6 Å². The monoisotopic (exact) mass is 377 g/mol. The molecule has 1 atom stereocenters. The van der Waals surface area contributed by atoms with Gasteiger partial charge in [-0.05, 0) is 62.1 Å². The molecule has 28 heavy (non-hydrogen) atoms. The predicted octanol–water partition coefficient (Wildman–Crippen LogP) is 4.55. The Morgan fingerprint density at radius 3 is 2.14 bits per heavy atom. The van der Waals surface area contributed by atoms with Crippen molar-refractivity contribution in [3.63, 3.8) is 0 Å². The highest BCUT2D eigenvalue weighted by Crippen LogP contribution is 2.30. The molecule has 2 aliphatic rings. The van der Waals surface area contributed by atoms with Gasteiger partial charge in [0.2, 0.25) is 11.8 Å². The van der Waals surface area contributed by atoms with Crippen LogP contribution in [0.1, 0.15) is 38.5 Å². The van der Waals surface area contributed by atoms with E-state index >= 15 is 0 Å². The molecule has 0 radical (unpaired) electrons. The van der Waals surface area contributed by atoms with Crippen LogP contribution in [0, 0.1) is 5.92 Å². The predicted molar refractivity (Wildman–Crippen MR) is 111 cm³/mol. The third kappa shape index (κ3) is 4.19. The Morgan fingerprint density at radius 2 is 1.43 bits per heavy atom. The van der Waals surface area contributed by atoms with E-state index in [1.54, 1.807) is 0 Å². The maximum Gasteiger partial charge on any atom is 0.247 e. The number of rotatable bonds is 5. The standard InChI is InChI=1S/C23H27N3O2/c27-22(21-11-6-16-26(21)23(28)17-7-4-5-8-17)25-20-14-12-19(13-15-20)24-18-9-2-1-3-10-18/h1-3,9-10,12-15,17,21,24H,4-8,11,16H2,(H,25,27). The van der Waals surface area contributed by atoms with Gasteiger partial charge in [-0.15, -0.1) is 0 Å². The summed E-state index contributed by atoms with van der Waals surface area (Å²) < 4.78 is 0. The van der Waals surface area contributed by atoms with Crippen LogP contribution in [0.2, 0.25) is 0 Å². The average Bonchev–Trinajstić information content (AvgIpc) is 3.42. The van der Waals surface area contributed by atoms with Gasteiger partial charge in [0.15, 0.2) is 0 Å². The lowest BCUT2D eigenvalue weighted by Gasteiger charge is -2.26. The number of hydrogen-bond acceptors (Lipinski definition) is 3. The molecule has 1 aliphatic heterocycles. The summed E-state index contributed by atoms with van der Waals surface area (Å²) in [5.74, 6) is 0.224. The van der Waals surface area contributed by atoms with Crippen LogP contribution in [0.25, 0.3) is 0 Å². The number of para-hydroxylation sites is 1. The first-order valence-electron chi connectivity index (χ1n) is 10.2. The zero-order valence-electron chi connectivity index (χ0n) is 16.1. The zero-order chi connectivity index (χ0) is 19.3. The fourth-order valence-electron chi connectivity index (χ4n) is 4.26.